The molecule has 0 bridgehead atoms. The standard InChI is InChI=1S/C45H35B7N4O/c46-33-30(22-11-4-1-5-12-22)36(49)40-31(34(33)47)32-35(48)37(50)38(51)39(52)41(32)56(40)25-19-20-26-27-17-10-18-28(42(27)57-29(26)21-25)45-54-43(23-13-6-2-7-14-23)53-44(55-45)24-15-8-3-9-16-24/h1-21H,46-52H2. The molecule has 0 radical (unpaired) electrons. The van der Waals surface area contributed by atoms with E-state index < -0.39 is 0 Å². The van der Waals surface area contributed by atoms with Gasteiger partial charge in [0, 0.05) is 44.7 Å². The van der Waals surface area contributed by atoms with Crippen LogP contribution in [-0.2, 0) is 0 Å². The second-order valence-electron chi connectivity index (χ2n) is 15.4. The van der Waals surface area contributed by atoms with E-state index in [4.69, 9.17) is 19.4 Å². The van der Waals surface area contributed by atoms with Crippen molar-refractivity contribution in [1.82, 2.24) is 19.5 Å². The lowest BCUT2D eigenvalue weighted by Crippen LogP contribution is -2.48. The minimum absolute atomic E-state index is 0.571. The molecule has 5 nitrogen and oxygen atoms in total. The quantitative estimate of drug-likeness (QED) is 0.222. The van der Waals surface area contributed by atoms with Gasteiger partial charge < -0.3 is 8.98 Å². The number of para-hydroxylation sites is 1. The summed E-state index contributed by atoms with van der Waals surface area (Å²) in [4.78, 5) is 15.0. The van der Waals surface area contributed by atoms with Crippen LogP contribution >= 0.6 is 0 Å². The molecular formula is C45H35B7N4O. The van der Waals surface area contributed by atoms with E-state index in [0.29, 0.717) is 17.5 Å². The van der Waals surface area contributed by atoms with Crippen LogP contribution in [0.25, 0.3) is 94.7 Å². The fourth-order valence-electron chi connectivity index (χ4n) is 9.04. The molecule has 0 spiro atoms. The molecular weight excluding hydrogens is 688 g/mol. The molecule has 3 aromatic heterocycles. The first kappa shape index (κ1) is 35.0. The highest BCUT2D eigenvalue weighted by atomic mass is 16.3. The Morgan fingerprint density at radius 1 is 0.421 bits per heavy atom. The summed E-state index contributed by atoms with van der Waals surface area (Å²) in [6, 6.07) is 43.9. The summed E-state index contributed by atoms with van der Waals surface area (Å²) in [6.45, 7) is 0. The zero-order chi connectivity index (χ0) is 39.1. The third kappa shape index (κ3) is 5.38. The van der Waals surface area contributed by atoms with Crippen LogP contribution in [0.3, 0.4) is 0 Å². The normalized spacial score (nSPS) is 11.6. The molecule has 0 N–H and O–H groups in total. The molecule has 10 aromatic rings. The van der Waals surface area contributed by atoms with Gasteiger partial charge in [-0.25, -0.2) is 15.0 Å². The minimum atomic E-state index is 0.571. The van der Waals surface area contributed by atoms with Gasteiger partial charge in [-0.1, -0.05) is 136 Å². The Labute approximate surface area is 337 Å². The molecule has 0 saturated heterocycles. The zero-order valence-electron chi connectivity index (χ0n) is 33.3. The van der Waals surface area contributed by atoms with Crippen LogP contribution in [0.5, 0.6) is 0 Å². The van der Waals surface area contributed by atoms with Crippen molar-refractivity contribution >= 4 is 137 Å². The summed E-state index contributed by atoms with van der Waals surface area (Å²) >= 11 is 0. The molecule has 10 rings (SSSR count). The molecule has 0 amide bonds. The predicted molar refractivity (Wildman–Crippen MR) is 260 cm³/mol. The molecule has 12 heteroatoms. The Hall–Kier alpha value is -6.40. The largest absolute Gasteiger partial charge is 0.455 e. The number of nitrogens with zero attached hydrogens (tertiary/aromatic N) is 4. The van der Waals surface area contributed by atoms with E-state index >= 15 is 0 Å². The van der Waals surface area contributed by atoms with Gasteiger partial charge in [0.25, 0.3) is 0 Å². The van der Waals surface area contributed by atoms with Crippen molar-refractivity contribution in [2.24, 2.45) is 0 Å². The highest BCUT2D eigenvalue weighted by Gasteiger charge is 2.25. The van der Waals surface area contributed by atoms with Crippen LogP contribution in [0.2, 0.25) is 0 Å². The fraction of sp³-hybridized carbons (Fsp3) is 0. The zero-order valence-corrected chi connectivity index (χ0v) is 33.3. The molecule has 7 aromatic carbocycles. The maximum Gasteiger partial charge on any atom is 0.167 e. The molecule has 0 atom stereocenters. The van der Waals surface area contributed by atoms with E-state index in [2.05, 4.69) is 120 Å². The number of fused-ring (bicyclic) bond motifs is 6. The monoisotopic (exact) mass is 724 g/mol. The number of aromatic nitrogens is 4. The molecule has 262 valence electrons. The predicted octanol–water partition coefficient (Wildman–Crippen LogP) is -0.655. The summed E-state index contributed by atoms with van der Waals surface area (Å²) in [7, 11) is 16.0. The van der Waals surface area contributed by atoms with Crippen LogP contribution in [0.4, 0.5) is 0 Å². The Morgan fingerprint density at radius 2 is 0.947 bits per heavy atom. The maximum absolute atomic E-state index is 6.94. The van der Waals surface area contributed by atoms with Crippen LogP contribution in [0.15, 0.2) is 132 Å². The van der Waals surface area contributed by atoms with Gasteiger partial charge in [-0.05, 0) is 40.1 Å². The second-order valence-corrected chi connectivity index (χ2v) is 15.4. The molecule has 0 aliphatic carbocycles. The smallest absolute Gasteiger partial charge is 0.167 e. The average Bonchev–Trinajstić information content (AvgIpc) is 3.82. The molecule has 0 unspecified atom stereocenters. The van der Waals surface area contributed by atoms with Crippen molar-refractivity contribution in [2.75, 3.05) is 0 Å². The first-order valence-electron chi connectivity index (χ1n) is 19.6. The Kier molecular flexibility index (Phi) is 8.22. The third-order valence-electron chi connectivity index (χ3n) is 12.4. The number of benzene rings is 7. The summed E-state index contributed by atoms with van der Waals surface area (Å²) in [5, 5.41) is 4.73. The van der Waals surface area contributed by atoms with Crippen molar-refractivity contribution in [3.05, 3.63) is 127 Å². The Balaban J connectivity index is 1.24. The van der Waals surface area contributed by atoms with E-state index in [1.54, 1.807) is 0 Å². The van der Waals surface area contributed by atoms with E-state index in [1.165, 1.54) is 71.2 Å². The van der Waals surface area contributed by atoms with Crippen molar-refractivity contribution in [1.29, 1.82) is 0 Å². The van der Waals surface area contributed by atoms with Crippen LogP contribution in [-0.4, -0.2) is 74.4 Å². The van der Waals surface area contributed by atoms with E-state index in [0.717, 1.165) is 44.3 Å². The molecule has 0 saturated carbocycles. The molecule has 57 heavy (non-hydrogen) atoms. The van der Waals surface area contributed by atoms with Gasteiger partial charge in [-0.3, -0.25) is 0 Å². The second kappa shape index (κ2) is 13.4. The van der Waals surface area contributed by atoms with Gasteiger partial charge in [0.15, 0.2) is 17.5 Å². The minimum Gasteiger partial charge on any atom is -0.455 e. The molecule has 0 aliphatic rings. The lowest BCUT2D eigenvalue weighted by Gasteiger charge is -2.18. The number of hydrogen-bond donors (Lipinski definition) is 0. The van der Waals surface area contributed by atoms with Crippen LogP contribution < -0.4 is 38.2 Å². The summed E-state index contributed by atoms with van der Waals surface area (Å²) < 4.78 is 9.45. The van der Waals surface area contributed by atoms with Crippen molar-refractivity contribution < 1.29 is 4.42 Å². The van der Waals surface area contributed by atoms with Crippen molar-refractivity contribution in [2.45, 2.75) is 0 Å². The number of hydrogen-bond acceptors (Lipinski definition) is 4. The number of rotatable bonds is 5. The fourth-order valence-corrected chi connectivity index (χ4v) is 9.04. The first-order valence-corrected chi connectivity index (χ1v) is 19.6. The summed E-state index contributed by atoms with van der Waals surface area (Å²) in [5.74, 6) is 1.81. The molecule has 0 aliphatic heterocycles. The highest BCUT2D eigenvalue weighted by Crippen LogP contribution is 2.38. The highest BCUT2D eigenvalue weighted by molar-refractivity contribution is 6.69. The van der Waals surface area contributed by atoms with Gasteiger partial charge in [0.05, 0.1) is 5.56 Å². The molecule has 3 heterocycles. The Bertz CT molecular complexity index is 3200. The van der Waals surface area contributed by atoms with Crippen molar-refractivity contribution in [3.63, 3.8) is 0 Å². The third-order valence-corrected chi connectivity index (χ3v) is 12.4. The lowest BCUT2D eigenvalue weighted by atomic mass is 9.64. The summed E-state index contributed by atoms with van der Waals surface area (Å²) in [5.41, 5.74) is 19.6. The van der Waals surface area contributed by atoms with E-state index in [1.807, 2.05) is 66.7 Å². The van der Waals surface area contributed by atoms with Crippen LogP contribution in [0, 0.1) is 0 Å². The first-order chi connectivity index (χ1) is 27.7. The molecule has 0 fully saturated rings. The van der Waals surface area contributed by atoms with Gasteiger partial charge in [-0.15, -0.1) is 5.46 Å². The topological polar surface area (TPSA) is 56.7 Å². The van der Waals surface area contributed by atoms with Crippen molar-refractivity contribution in [3.8, 4) is 51.0 Å². The SMILES string of the molecule is Bc1c(B)c(B)c2c(c1B)c1c(B)c(B)c(-c3ccccc3)c(B)c1n2-c1ccc2c(c1)oc1c(-c3nc(-c4ccccc4)nc(-c4ccccc4)n3)cccc12. The number of furan rings is 1. The average molecular weight is 723 g/mol. The lowest BCUT2D eigenvalue weighted by molar-refractivity contribution is 0.669. The summed E-state index contributed by atoms with van der Waals surface area (Å²) in [6.07, 6.45) is 0. The maximum atomic E-state index is 6.94. The van der Waals surface area contributed by atoms with E-state index in [9.17, 15) is 0 Å². The van der Waals surface area contributed by atoms with Gasteiger partial charge in [0.2, 0.25) is 0 Å². The van der Waals surface area contributed by atoms with Gasteiger partial charge in [-0.2, -0.15) is 0 Å². The van der Waals surface area contributed by atoms with E-state index in [-0.39, 0.29) is 0 Å². The van der Waals surface area contributed by atoms with Crippen LogP contribution in [0.1, 0.15) is 0 Å². The van der Waals surface area contributed by atoms with Gasteiger partial charge >= 0.3 is 0 Å². The Morgan fingerprint density at radius 3 is 1.56 bits per heavy atom. The van der Waals surface area contributed by atoms with Gasteiger partial charge in [0.1, 0.15) is 66.1 Å².